The van der Waals surface area contributed by atoms with E-state index in [1.165, 1.54) is 4.88 Å². The monoisotopic (exact) mass is 329 g/mol. The van der Waals surface area contributed by atoms with Crippen molar-refractivity contribution in [3.05, 3.63) is 36.8 Å². The van der Waals surface area contributed by atoms with Gasteiger partial charge in [-0.1, -0.05) is 11.3 Å². The molecule has 0 aromatic carbocycles. The number of aromatic amines is 1. The molecule has 8 heteroatoms. The van der Waals surface area contributed by atoms with Crippen LogP contribution in [0, 0.1) is 6.92 Å². The van der Waals surface area contributed by atoms with Gasteiger partial charge in [-0.3, -0.25) is 4.79 Å². The number of aliphatic hydroxyl groups excluding tert-OH is 1. The summed E-state index contributed by atoms with van der Waals surface area (Å²) in [5.74, 6) is 0. The van der Waals surface area contributed by atoms with E-state index in [0.29, 0.717) is 26.3 Å². The normalized spacial score (nSPS) is 12.7. The fraction of sp³-hybridized carbons (Fsp3) is 0.538. The van der Waals surface area contributed by atoms with E-state index in [1.807, 2.05) is 12.4 Å². The third-order valence-corrected chi connectivity index (χ3v) is 4.61. The van der Waals surface area contributed by atoms with Crippen molar-refractivity contribution < 1.29 is 9.84 Å². The van der Waals surface area contributed by atoms with Crippen molar-refractivity contribution in [3.8, 4) is 0 Å². The minimum Gasteiger partial charge on any atom is -0.389 e. The van der Waals surface area contributed by atoms with E-state index < -0.39 is 6.10 Å². The number of aryl methyl sites for hydroxylation is 1. The van der Waals surface area contributed by atoms with E-state index in [-0.39, 0.29) is 4.87 Å². The van der Waals surface area contributed by atoms with E-state index in [0.717, 1.165) is 29.1 Å². The first-order valence-electron chi connectivity index (χ1n) is 6.67. The first-order valence-corrected chi connectivity index (χ1v) is 8.43. The molecule has 0 aliphatic heterocycles. The van der Waals surface area contributed by atoms with Crippen molar-refractivity contribution in [1.82, 2.24) is 15.3 Å². The summed E-state index contributed by atoms with van der Waals surface area (Å²) in [6.07, 6.45) is 0.269. The third-order valence-electron chi connectivity index (χ3n) is 2.89. The fourth-order valence-corrected chi connectivity index (χ4v) is 3.13. The molecular weight excluding hydrogens is 310 g/mol. The van der Waals surface area contributed by atoms with E-state index in [2.05, 4.69) is 15.3 Å². The van der Waals surface area contributed by atoms with Gasteiger partial charge in [0.1, 0.15) is 0 Å². The Morgan fingerprint density at radius 3 is 3.05 bits per heavy atom. The van der Waals surface area contributed by atoms with Crippen LogP contribution in [0.1, 0.15) is 16.3 Å². The maximum Gasteiger partial charge on any atom is 0.304 e. The number of hydrogen-bond acceptors (Lipinski definition) is 7. The van der Waals surface area contributed by atoms with Crippen LogP contribution in [0.3, 0.4) is 0 Å². The molecule has 0 fully saturated rings. The standard InChI is InChI=1S/C13H19N3O3S2/c1-9-12(21-8-15-9)2-3-19-6-11(17)5-14-4-10-7-20-13(18)16-10/h7-8,11,14,17H,2-6H2,1H3,(H,16,18). The molecule has 0 aliphatic carbocycles. The number of nitrogens with zero attached hydrogens (tertiary/aromatic N) is 1. The molecule has 1 atom stereocenters. The lowest BCUT2D eigenvalue weighted by molar-refractivity contribution is 0.0383. The molecule has 2 rings (SSSR count). The van der Waals surface area contributed by atoms with Crippen molar-refractivity contribution in [3.63, 3.8) is 0 Å². The highest BCUT2D eigenvalue weighted by Crippen LogP contribution is 2.12. The summed E-state index contributed by atoms with van der Waals surface area (Å²) >= 11 is 2.77. The Balaban J connectivity index is 1.54. The van der Waals surface area contributed by atoms with Crippen LogP contribution in [-0.2, 0) is 17.7 Å². The third kappa shape index (κ3) is 5.68. The summed E-state index contributed by atoms with van der Waals surface area (Å²) < 4.78 is 5.46. The van der Waals surface area contributed by atoms with Crippen LogP contribution in [0.15, 0.2) is 15.7 Å². The SMILES string of the molecule is Cc1ncsc1CCOCC(O)CNCc1csc(=O)[nH]1. The van der Waals surface area contributed by atoms with Crippen molar-refractivity contribution in [2.75, 3.05) is 19.8 Å². The topological polar surface area (TPSA) is 87.2 Å². The molecule has 0 saturated carbocycles. The molecule has 0 aliphatic rings. The Bertz CT molecular complexity index is 593. The number of ether oxygens (including phenoxy) is 1. The van der Waals surface area contributed by atoms with Crippen LogP contribution in [-0.4, -0.2) is 40.9 Å². The van der Waals surface area contributed by atoms with Gasteiger partial charge in [-0.05, 0) is 6.92 Å². The van der Waals surface area contributed by atoms with Crippen LogP contribution in [0.5, 0.6) is 0 Å². The van der Waals surface area contributed by atoms with Crippen molar-refractivity contribution in [2.45, 2.75) is 26.0 Å². The molecule has 116 valence electrons. The predicted molar refractivity (Wildman–Crippen MR) is 84.0 cm³/mol. The van der Waals surface area contributed by atoms with E-state index in [9.17, 15) is 9.90 Å². The molecule has 0 bridgehead atoms. The van der Waals surface area contributed by atoms with E-state index in [1.54, 1.807) is 16.7 Å². The summed E-state index contributed by atoms with van der Waals surface area (Å²) in [6, 6.07) is 0. The highest BCUT2D eigenvalue weighted by Gasteiger charge is 2.06. The average Bonchev–Trinajstić information content (AvgIpc) is 3.04. The number of hydrogen-bond donors (Lipinski definition) is 3. The molecule has 0 saturated heterocycles. The molecule has 6 nitrogen and oxygen atoms in total. The largest absolute Gasteiger partial charge is 0.389 e. The maximum atomic E-state index is 10.9. The summed E-state index contributed by atoms with van der Waals surface area (Å²) in [5, 5.41) is 14.6. The van der Waals surface area contributed by atoms with Crippen molar-refractivity contribution in [1.29, 1.82) is 0 Å². The predicted octanol–water partition coefficient (Wildman–Crippen LogP) is 0.911. The molecule has 3 N–H and O–H groups in total. The smallest absolute Gasteiger partial charge is 0.304 e. The Morgan fingerprint density at radius 2 is 2.38 bits per heavy atom. The van der Waals surface area contributed by atoms with Gasteiger partial charge in [-0.2, -0.15) is 0 Å². The highest BCUT2D eigenvalue weighted by molar-refractivity contribution is 7.09. The van der Waals surface area contributed by atoms with Crippen molar-refractivity contribution in [2.24, 2.45) is 0 Å². The van der Waals surface area contributed by atoms with Gasteiger partial charge in [0.15, 0.2) is 0 Å². The Morgan fingerprint density at radius 1 is 1.52 bits per heavy atom. The van der Waals surface area contributed by atoms with Gasteiger partial charge in [0, 0.05) is 35.5 Å². The number of aliphatic hydroxyl groups is 1. The summed E-state index contributed by atoms with van der Waals surface area (Å²) in [5.41, 5.74) is 3.72. The second-order valence-electron chi connectivity index (χ2n) is 4.64. The quantitative estimate of drug-likeness (QED) is 0.595. The summed E-state index contributed by atoms with van der Waals surface area (Å²) in [7, 11) is 0. The maximum absolute atomic E-state index is 10.9. The number of rotatable bonds is 9. The molecule has 2 heterocycles. The summed E-state index contributed by atoms with van der Waals surface area (Å²) in [4.78, 5) is 19.0. The van der Waals surface area contributed by atoms with Crippen molar-refractivity contribution >= 4 is 22.7 Å². The minimum atomic E-state index is -0.557. The molecular formula is C13H19N3O3S2. The number of thiazole rings is 2. The van der Waals surface area contributed by atoms with Gasteiger partial charge < -0.3 is 20.1 Å². The van der Waals surface area contributed by atoms with Crippen LogP contribution in [0.2, 0.25) is 0 Å². The van der Waals surface area contributed by atoms with Crippen LogP contribution >= 0.6 is 22.7 Å². The fourth-order valence-electron chi connectivity index (χ4n) is 1.78. The molecule has 21 heavy (non-hydrogen) atoms. The Labute approximate surface area is 130 Å². The number of aromatic nitrogens is 2. The Kier molecular flexibility index (Phi) is 6.52. The van der Waals surface area contributed by atoms with Gasteiger partial charge in [0.05, 0.1) is 30.5 Å². The van der Waals surface area contributed by atoms with Crippen LogP contribution in [0.25, 0.3) is 0 Å². The number of H-pyrrole nitrogens is 1. The lowest BCUT2D eigenvalue weighted by Crippen LogP contribution is -2.30. The lowest BCUT2D eigenvalue weighted by atomic mass is 10.3. The van der Waals surface area contributed by atoms with Gasteiger partial charge in [0.25, 0.3) is 0 Å². The zero-order chi connectivity index (χ0) is 15.1. The van der Waals surface area contributed by atoms with Gasteiger partial charge in [-0.15, -0.1) is 11.3 Å². The minimum absolute atomic E-state index is 0.0611. The lowest BCUT2D eigenvalue weighted by Gasteiger charge is -2.11. The zero-order valence-electron chi connectivity index (χ0n) is 11.8. The van der Waals surface area contributed by atoms with Gasteiger partial charge in [0.2, 0.25) is 0 Å². The van der Waals surface area contributed by atoms with E-state index in [4.69, 9.17) is 4.74 Å². The van der Waals surface area contributed by atoms with Gasteiger partial charge >= 0.3 is 4.87 Å². The molecule has 0 amide bonds. The molecule has 2 aromatic rings. The van der Waals surface area contributed by atoms with Gasteiger partial charge in [-0.25, -0.2) is 4.98 Å². The average molecular weight is 329 g/mol. The molecule has 0 radical (unpaired) electrons. The summed E-state index contributed by atoms with van der Waals surface area (Å²) in [6.45, 7) is 3.83. The zero-order valence-corrected chi connectivity index (χ0v) is 13.4. The second kappa shape index (κ2) is 8.40. The Hall–Kier alpha value is -1.06. The highest BCUT2D eigenvalue weighted by atomic mass is 32.1. The second-order valence-corrected chi connectivity index (χ2v) is 6.43. The van der Waals surface area contributed by atoms with E-state index >= 15 is 0 Å². The van der Waals surface area contributed by atoms with Crippen LogP contribution < -0.4 is 10.2 Å². The molecule has 0 spiro atoms. The first-order chi connectivity index (χ1) is 10.1. The molecule has 1 unspecified atom stereocenters. The number of nitrogens with one attached hydrogen (secondary N) is 2. The van der Waals surface area contributed by atoms with Crippen LogP contribution in [0.4, 0.5) is 0 Å². The first kappa shape index (κ1) is 16.3. The molecule has 2 aromatic heterocycles.